The zero-order chi connectivity index (χ0) is 22.3. The number of fused-ring (bicyclic) bond motifs is 1. The average Bonchev–Trinajstić information content (AvgIpc) is 3.06. The van der Waals surface area contributed by atoms with Crippen LogP contribution in [0.25, 0.3) is 6.08 Å². The van der Waals surface area contributed by atoms with Crippen molar-refractivity contribution < 1.29 is 4.74 Å². The number of hydrogen-bond donors (Lipinski definition) is 0. The van der Waals surface area contributed by atoms with Crippen LogP contribution in [-0.4, -0.2) is 41.7 Å². The summed E-state index contributed by atoms with van der Waals surface area (Å²) < 4.78 is 6.45. The molecule has 0 radical (unpaired) electrons. The van der Waals surface area contributed by atoms with Gasteiger partial charge in [0, 0.05) is 25.3 Å². The standard InChI is InChI=1S/C26H37NOSi2/c1-10-15-28-25-23(29(5,6)7)16-19(2)17-24(25)30(8,9)26-21-14-12-11-13-20(21)18-22(26)27(3)4/h10-14,16-18,26H,1,15H2,2-9H3. The van der Waals surface area contributed by atoms with Crippen LogP contribution in [0.5, 0.6) is 5.75 Å². The molecule has 0 bridgehead atoms. The lowest BCUT2D eigenvalue weighted by Crippen LogP contribution is -2.53. The lowest BCUT2D eigenvalue weighted by molar-refractivity contribution is 0.368. The Morgan fingerprint density at radius 2 is 1.67 bits per heavy atom. The molecule has 30 heavy (non-hydrogen) atoms. The molecule has 0 aromatic heterocycles. The summed E-state index contributed by atoms with van der Waals surface area (Å²) in [4.78, 5) is 2.30. The maximum absolute atomic E-state index is 6.45. The van der Waals surface area contributed by atoms with E-state index >= 15 is 0 Å². The lowest BCUT2D eigenvalue weighted by atomic mass is 10.1. The summed E-state index contributed by atoms with van der Waals surface area (Å²) in [6.07, 6.45) is 4.25. The van der Waals surface area contributed by atoms with Gasteiger partial charge in [0.25, 0.3) is 0 Å². The molecule has 2 nitrogen and oxygen atoms in total. The number of allylic oxidation sites excluding steroid dienone is 1. The zero-order valence-electron chi connectivity index (χ0n) is 20.0. The molecule has 1 aliphatic carbocycles. The van der Waals surface area contributed by atoms with Crippen LogP contribution in [0.15, 0.2) is 54.8 Å². The molecule has 0 saturated carbocycles. The number of rotatable bonds is 7. The highest BCUT2D eigenvalue weighted by Gasteiger charge is 2.44. The second-order valence-corrected chi connectivity index (χ2v) is 19.9. The van der Waals surface area contributed by atoms with Gasteiger partial charge in [-0.15, -0.1) is 0 Å². The molecule has 0 amide bonds. The van der Waals surface area contributed by atoms with Gasteiger partial charge in [-0.3, -0.25) is 0 Å². The van der Waals surface area contributed by atoms with Gasteiger partial charge in [0.05, 0.1) is 16.1 Å². The van der Waals surface area contributed by atoms with Gasteiger partial charge in [-0.25, -0.2) is 0 Å². The number of benzene rings is 2. The van der Waals surface area contributed by atoms with Crippen LogP contribution in [-0.2, 0) is 0 Å². The smallest absolute Gasteiger partial charge is 0.118 e. The molecule has 4 heteroatoms. The Labute approximate surface area is 185 Å². The van der Waals surface area contributed by atoms with Crippen LogP contribution >= 0.6 is 0 Å². The first-order valence-electron chi connectivity index (χ1n) is 10.9. The van der Waals surface area contributed by atoms with Gasteiger partial charge in [0.2, 0.25) is 0 Å². The van der Waals surface area contributed by atoms with Crippen molar-refractivity contribution in [2.75, 3.05) is 20.7 Å². The van der Waals surface area contributed by atoms with E-state index in [2.05, 4.69) is 108 Å². The largest absolute Gasteiger partial charge is 0.490 e. The predicted molar refractivity (Wildman–Crippen MR) is 138 cm³/mol. The summed E-state index contributed by atoms with van der Waals surface area (Å²) in [5, 5.41) is 2.87. The van der Waals surface area contributed by atoms with E-state index in [9.17, 15) is 0 Å². The van der Waals surface area contributed by atoms with Crippen molar-refractivity contribution in [2.45, 2.75) is 45.2 Å². The summed E-state index contributed by atoms with van der Waals surface area (Å²) in [6, 6.07) is 13.7. The third kappa shape index (κ3) is 4.08. The fourth-order valence-electron chi connectivity index (χ4n) is 4.72. The van der Waals surface area contributed by atoms with E-state index in [-0.39, 0.29) is 0 Å². The SMILES string of the molecule is C=CCOc1c([Si](C)(C)C)cc(C)cc1[Si](C)(C)C1C(N(C)C)=Cc2ccccc21. The zero-order valence-corrected chi connectivity index (χ0v) is 22.0. The van der Waals surface area contributed by atoms with Gasteiger partial charge in [0.15, 0.2) is 0 Å². The van der Waals surface area contributed by atoms with Gasteiger partial charge >= 0.3 is 0 Å². The maximum Gasteiger partial charge on any atom is 0.118 e. The van der Waals surface area contributed by atoms with E-state index in [0.717, 1.165) is 5.75 Å². The number of nitrogens with zero attached hydrogens (tertiary/aromatic N) is 1. The molecule has 160 valence electrons. The summed E-state index contributed by atoms with van der Waals surface area (Å²) in [5.41, 5.74) is 5.99. The van der Waals surface area contributed by atoms with Crippen molar-refractivity contribution in [2.24, 2.45) is 0 Å². The van der Waals surface area contributed by atoms with Crippen LogP contribution in [0, 0.1) is 6.92 Å². The number of ether oxygens (including phenoxy) is 1. The maximum atomic E-state index is 6.45. The number of aryl methyl sites for hydroxylation is 1. The Morgan fingerprint density at radius 3 is 2.27 bits per heavy atom. The first-order chi connectivity index (χ1) is 14.0. The van der Waals surface area contributed by atoms with E-state index in [4.69, 9.17) is 4.74 Å². The summed E-state index contributed by atoms with van der Waals surface area (Å²) >= 11 is 0. The molecule has 1 unspecified atom stereocenters. The third-order valence-electron chi connectivity index (χ3n) is 6.23. The molecule has 3 rings (SSSR count). The first kappa shape index (κ1) is 22.6. The molecule has 0 heterocycles. The molecule has 0 saturated heterocycles. The van der Waals surface area contributed by atoms with Gasteiger partial charge in [-0.1, -0.05) is 87.4 Å². The van der Waals surface area contributed by atoms with Gasteiger partial charge < -0.3 is 9.64 Å². The first-order valence-corrected chi connectivity index (χ1v) is 17.4. The molecular weight excluding hydrogens is 398 g/mol. The second kappa shape index (κ2) is 8.24. The monoisotopic (exact) mass is 435 g/mol. The summed E-state index contributed by atoms with van der Waals surface area (Å²) in [6.45, 7) is 19.0. The Balaban J connectivity index is 2.26. The van der Waals surface area contributed by atoms with Crippen LogP contribution in [0.3, 0.4) is 0 Å². The highest BCUT2D eigenvalue weighted by molar-refractivity contribution is 6.94. The van der Waals surface area contributed by atoms with Crippen LogP contribution in [0.2, 0.25) is 32.7 Å². The molecule has 2 aromatic rings. The van der Waals surface area contributed by atoms with Crippen LogP contribution in [0.4, 0.5) is 0 Å². The molecule has 0 aliphatic heterocycles. The van der Waals surface area contributed by atoms with Crippen molar-refractivity contribution in [1.82, 2.24) is 4.90 Å². The topological polar surface area (TPSA) is 12.5 Å². The minimum Gasteiger partial charge on any atom is -0.490 e. The molecule has 1 aliphatic rings. The predicted octanol–water partition coefficient (Wildman–Crippen LogP) is 5.26. The molecule has 0 spiro atoms. The molecular formula is C26H37NOSi2. The average molecular weight is 436 g/mol. The van der Waals surface area contributed by atoms with Gasteiger partial charge in [0.1, 0.15) is 12.4 Å². The highest BCUT2D eigenvalue weighted by atomic mass is 28.3. The minimum atomic E-state index is -2.01. The minimum absolute atomic E-state index is 0.408. The van der Waals surface area contributed by atoms with Crippen molar-refractivity contribution in [3.8, 4) is 5.75 Å². The fraction of sp³-hybridized carbons (Fsp3) is 0.385. The van der Waals surface area contributed by atoms with Crippen molar-refractivity contribution in [3.05, 3.63) is 71.4 Å². The number of likely N-dealkylation sites (N-methyl/N-ethyl adjacent to an activating group) is 1. The van der Waals surface area contributed by atoms with E-state index < -0.39 is 16.1 Å². The van der Waals surface area contributed by atoms with Crippen LogP contribution < -0.4 is 15.1 Å². The molecule has 0 N–H and O–H groups in total. The molecule has 1 atom stereocenters. The van der Waals surface area contributed by atoms with E-state index in [1.807, 2.05) is 6.08 Å². The Kier molecular flexibility index (Phi) is 6.21. The van der Waals surface area contributed by atoms with Gasteiger partial charge in [-0.2, -0.15) is 0 Å². The highest BCUT2D eigenvalue weighted by Crippen LogP contribution is 2.43. The second-order valence-electron chi connectivity index (χ2n) is 10.3. The lowest BCUT2D eigenvalue weighted by Gasteiger charge is -2.38. The quantitative estimate of drug-likeness (QED) is 0.434. The fourth-order valence-corrected chi connectivity index (χ4v) is 10.2. The van der Waals surface area contributed by atoms with Gasteiger partial charge in [-0.05, 0) is 34.5 Å². The van der Waals surface area contributed by atoms with Crippen LogP contribution in [0.1, 0.15) is 22.2 Å². The molecule has 0 fully saturated rings. The number of hydrogen-bond acceptors (Lipinski definition) is 2. The van der Waals surface area contributed by atoms with Crippen molar-refractivity contribution in [3.63, 3.8) is 0 Å². The Bertz CT molecular complexity index is 983. The molecule has 2 aromatic carbocycles. The summed E-state index contributed by atoms with van der Waals surface area (Å²) in [7, 11) is 0.761. The normalized spacial score (nSPS) is 16.1. The van der Waals surface area contributed by atoms with Crippen molar-refractivity contribution in [1.29, 1.82) is 0 Å². The van der Waals surface area contributed by atoms with Crippen molar-refractivity contribution >= 4 is 32.6 Å². The van der Waals surface area contributed by atoms with E-state index in [0.29, 0.717) is 12.1 Å². The third-order valence-corrected chi connectivity index (χ3v) is 12.0. The Morgan fingerprint density at radius 1 is 1.03 bits per heavy atom. The Hall–Kier alpha value is -2.05. The summed E-state index contributed by atoms with van der Waals surface area (Å²) in [5.74, 6) is 1.14. The van der Waals surface area contributed by atoms with E-state index in [1.165, 1.54) is 32.8 Å². The van der Waals surface area contributed by atoms with E-state index in [1.54, 1.807) is 0 Å².